The number of hydrogen-bond acceptors (Lipinski definition) is 3. The van der Waals surface area contributed by atoms with Crippen LogP contribution in [0.4, 0.5) is 0 Å². The van der Waals surface area contributed by atoms with Gasteiger partial charge in [0.2, 0.25) is 0 Å². The lowest BCUT2D eigenvalue weighted by molar-refractivity contribution is 0.146. The summed E-state index contributed by atoms with van der Waals surface area (Å²) in [7, 11) is 0. The zero-order valence-electron chi connectivity index (χ0n) is 9.79. The minimum absolute atomic E-state index is 0.636. The van der Waals surface area contributed by atoms with Gasteiger partial charge >= 0.3 is 0 Å². The van der Waals surface area contributed by atoms with Crippen LogP contribution < -0.4 is 5.32 Å². The molecule has 1 aliphatic heterocycles. The molecule has 1 unspecified atom stereocenters. The molecule has 0 aromatic carbocycles. The molecule has 0 bridgehead atoms. The summed E-state index contributed by atoms with van der Waals surface area (Å²) >= 11 is 1.84. The van der Waals surface area contributed by atoms with Crippen LogP contribution in [0.3, 0.4) is 0 Å². The van der Waals surface area contributed by atoms with Gasteiger partial charge in [0.1, 0.15) is 0 Å². The van der Waals surface area contributed by atoms with Crippen molar-refractivity contribution in [3.63, 3.8) is 0 Å². The molecule has 1 rings (SSSR count). The predicted molar refractivity (Wildman–Crippen MR) is 67.7 cm³/mol. The molecule has 0 aromatic heterocycles. The van der Waals surface area contributed by atoms with Crippen LogP contribution in [-0.2, 0) is 4.74 Å². The first-order chi connectivity index (χ1) is 7.36. The maximum atomic E-state index is 5.27. The zero-order chi connectivity index (χ0) is 10.9. The van der Waals surface area contributed by atoms with Gasteiger partial charge in [-0.25, -0.2) is 0 Å². The molecule has 3 nitrogen and oxygen atoms in total. The highest BCUT2D eigenvalue weighted by Crippen LogP contribution is 2.15. The Morgan fingerprint density at radius 3 is 3.13 bits per heavy atom. The van der Waals surface area contributed by atoms with Crippen LogP contribution in [0.15, 0.2) is 4.99 Å². The summed E-state index contributed by atoms with van der Waals surface area (Å²) < 4.78 is 5.27. The minimum atomic E-state index is 0.636. The van der Waals surface area contributed by atoms with E-state index >= 15 is 0 Å². The van der Waals surface area contributed by atoms with Crippen molar-refractivity contribution < 1.29 is 4.74 Å². The van der Waals surface area contributed by atoms with Gasteiger partial charge in [-0.2, -0.15) is 0 Å². The number of amidine groups is 1. The number of hydrogen-bond donors (Lipinski definition) is 1. The fraction of sp³-hybridized carbons (Fsp3) is 0.909. The highest BCUT2D eigenvalue weighted by Gasteiger charge is 2.14. The third-order valence-electron chi connectivity index (χ3n) is 2.43. The summed E-state index contributed by atoms with van der Waals surface area (Å²) in [4.78, 5) is 4.54. The molecule has 1 aliphatic rings. The number of nitrogens with one attached hydrogen (secondary N) is 1. The normalized spacial score (nSPS) is 24.1. The fourth-order valence-electron chi connectivity index (χ4n) is 1.48. The lowest BCUT2D eigenvalue weighted by Gasteiger charge is -2.24. The summed E-state index contributed by atoms with van der Waals surface area (Å²) in [6.07, 6.45) is 3.48. The van der Waals surface area contributed by atoms with Crippen LogP contribution in [0, 0.1) is 0 Å². The Morgan fingerprint density at radius 2 is 2.40 bits per heavy atom. The highest BCUT2D eigenvalue weighted by atomic mass is 32.2. The van der Waals surface area contributed by atoms with Crippen LogP contribution in [0.5, 0.6) is 0 Å². The fourth-order valence-corrected chi connectivity index (χ4v) is 2.50. The van der Waals surface area contributed by atoms with Crippen molar-refractivity contribution in [2.45, 2.75) is 39.2 Å². The van der Waals surface area contributed by atoms with Crippen molar-refractivity contribution in [3.05, 3.63) is 0 Å². The second-order valence-electron chi connectivity index (χ2n) is 3.62. The first kappa shape index (κ1) is 12.8. The number of ether oxygens (including phenoxy) is 1. The van der Waals surface area contributed by atoms with Crippen molar-refractivity contribution in [2.75, 3.05) is 25.5 Å². The Morgan fingerprint density at radius 1 is 1.53 bits per heavy atom. The summed E-state index contributed by atoms with van der Waals surface area (Å²) in [5.41, 5.74) is 0. The van der Waals surface area contributed by atoms with Gasteiger partial charge in [-0.15, -0.1) is 0 Å². The standard InChI is InChI=1S/C11H22N2OS/c1-3-10-6-9-15-11(13-10)12-7-5-8-14-4-2/h10H,3-9H2,1-2H3,(H,12,13). The summed E-state index contributed by atoms with van der Waals surface area (Å²) in [6, 6.07) is 0.636. The quantitative estimate of drug-likeness (QED) is 0.711. The summed E-state index contributed by atoms with van der Waals surface area (Å²) in [6.45, 7) is 6.76. The minimum Gasteiger partial charge on any atom is -0.382 e. The van der Waals surface area contributed by atoms with Crippen molar-refractivity contribution in [1.82, 2.24) is 5.32 Å². The Labute approximate surface area is 97.1 Å². The largest absolute Gasteiger partial charge is 0.382 e. The average Bonchev–Trinajstić information content (AvgIpc) is 2.29. The van der Waals surface area contributed by atoms with E-state index in [-0.39, 0.29) is 0 Å². The SMILES string of the molecule is CCOCCCN=C1NC(CC)CCS1. The Balaban J connectivity index is 2.14. The van der Waals surface area contributed by atoms with Crippen molar-refractivity contribution in [2.24, 2.45) is 4.99 Å². The van der Waals surface area contributed by atoms with E-state index in [1.165, 1.54) is 18.6 Å². The molecule has 4 heteroatoms. The first-order valence-corrected chi connectivity index (χ1v) is 6.86. The van der Waals surface area contributed by atoms with Gasteiger partial charge in [-0.3, -0.25) is 4.99 Å². The lowest BCUT2D eigenvalue weighted by Crippen LogP contribution is -2.37. The van der Waals surface area contributed by atoms with Crippen LogP contribution in [-0.4, -0.2) is 36.7 Å². The first-order valence-electron chi connectivity index (χ1n) is 5.88. The number of nitrogens with zero attached hydrogens (tertiary/aromatic N) is 1. The molecule has 1 fully saturated rings. The smallest absolute Gasteiger partial charge is 0.156 e. The maximum absolute atomic E-state index is 5.27. The summed E-state index contributed by atoms with van der Waals surface area (Å²) in [5, 5.41) is 4.60. The molecular formula is C11H22N2OS. The molecule has 1 saturated heterocycles. The highest BCUT2D eigenvalue weighted by molar-refractivity contribution is 8.13. The van der Waals surface area contributed by atoms with E-state index in [1.54, 1.807) is 0 Å². The molecule has 15 heavy (non-hydrogen) atoms. The van der Waals surface area contributed by atoms with Crippen molar-refractivity contribution in [3.8, 4) is 0 Å². The molecule has 0 saturated carbocycles. The third kappa shape index (κ3) is 5.42. The Hall–Kier alpha value is -0.220. The van der Waals surface area contributed by atoms with E-state index in [0.29, 0.717) is 6.04 Å². The van der Waals surface area contributed by atoms with Crippen LogP contribution >= 0.6 is 11.8 Å². The molecular weight excluding hydrogens is 208 g/mol. The number of thioether (sulfide) groups is 1. The van der Waals surface area contributed by atoms with E-state index < -0.39 is 0 Å². The van der Waals surface area contributed by atoms with E-state index in [2.05, 4.69) is 17.2 Å². The predicted octanol–water partition coefficient (Wildman–Crippen LogP) is 2.27. The molecule has 0 aliphatic carbocycles. The summed E-state index contributed by atoms with van der Waals surface area (Å²) in [5.74, 6) is 1.20. The van der Waals surface area contributed by atoms with Gasteiger partial charge in [0.05, 0.1) is 0 Å². The van der Waals surface area contributed by atoms with Crippen LogP contribution in [0.2, 0.25) is 0 Å². The molecule has 0 radical (unpaired) electrons. The molecule has 0 aromatic rings. The van der Waals surface area contributed by atoms with E-state index in [1.807, 2.05) is 18.7 Å². The van der Waals surface area contributed by atoms with Crippen LogP contribution in [0.1, 0.15) is 33.1 Å². The molecule has 0 amide bonds. The van der Waals surface area contributed by atoms with Gasteiger partial charge in [0.25, 0.3) is 0 Å². The molecule has 1 atom stereocenters. The Bertz CT molecular complexity index is 197. The van der Waals surface area contributed by atoms with Gasteiger partial charge in [0, 0.05) is 31.6 Å². The van der Waals surface area contributed by atoms with E-state index in [9.17, 15) is 0 Å². The molecule has 1 heterocycles. The average molecular weight is 230 g/mol. The van der Waals surface area contributed by atoms with E-state index in [0.717, 1.165) is 31.3 Å². The monoisotopic (exact) mass is 230 g/mol. The lowest BCUT2D eigenvalue weighted by atomic mass is 10.2. The van der Waals surface area contributed by atoms with Gasteiger partial charge < -0.3 is 10.1 Å². The Kier molecular flexibility index (Phi) is 6.85. The maximum Gasteiger partial charge on any atom is 0.156 e. The van der Waals surface area contributed by atoms with Crippen LogP contribution in [0.25, 0.3) is 0 Å². The van der Waals surface area contributed by atoms with Gasteiger partial charge in [0.15, 0.2) is 5.17 Å². The van der Waals surface area contributed by atoms with Gasteiger partial charge in [-0.1, -0.05) is 18.7 Å². The second kappa shape index (κ2) is 7.99. The van der Waals surface area contributed by atoms with Crippen molar-refractivity contribution in [1.29, 1.82) is 0 Å². The van der Waals surface area contributed by atoms with E-state index in [4.69, 9.17) is 4.74 Å². The number of rotatable bonds is 6. The van der Waals surface area contributed by atoms with Gasteiger partial charge in [-0.05, 0) is 26.2 Å². The molecule has 1 N–H and O–H groups in total. The second-order valence-corrected chi connectivity index (χ2v) is 4.71. The topological polar surface area (TPSA) is 33.6 Å². The van der Waals surface area contributed by atoms with Crippen molar-refractivity contribution >= 4 is 16.9 Å². The number of aliphatic imine (C=N–C) groups is 1. The third-order valence-corrected chi connectivity index (χ3v) is 3.39. The molecule has 0 spiro atoms. The zero-order valence-corrected chi connectivity index (χ0v) is 10.6. The molecule has 88 valence electrons.